The minimum atomic E-state index is -0.296. The van der Waals surface area contributed by atoms with Crippen LogP contribution >= 0.6 is 0 Å². The molecule has 1 aromatic heterocycles. The van der Waals surface area contributed by atoms with E-state index >= 15 is 0 Å². The molecule has 0 fully saturated rings. The molecular weight excluding hydrogens is 334 g/mol. The van der Waals surface area contributed by atoms with E-state index in [1.807, 2.05) is 12.1 Å². The van der Waals surface area contributed by atoms with Crippen LogP contribution in [0.15, 0.2) is 36.5 Å². The van der Waals surface area contributed by atoms with Crippen LogP contribution in [0, 0.1) is 11.3 Å². The number of anilines is 1. The lowest BCUT2D eigenvalue weighted by Gasteiger charge is -2.11. The standard InChI is InChI=1S/C18H21N5O3/c1-25-15-8-13(9-16(10-15)26-2)12-23-18(24)22-7-6-21-17-14(11-19)4-3-5-20-17/h3-5,8-10H,6-7,12H2,1-2H3,(H,20,21)(H2,22,23,24). The van der Waals surface area contributed by atoms with Crippen LogP contribution in [0.3, 0.4) is 0 Å². The molecule has 3 N–H and O–H groups in total. The maximum Gasteiger partial charge on any atom is 0.315 e. The number of aromatic nitrogens is 1. The number of nitrogens with zero attached hydrogens (tertiary/aromatic N) is 2. The highest BCUT2D eigenvalue weighted by atomic mass is 16.5. The zero-order valence-corrected chi connectivity index (χ0v) is 14.7. The molecule has 0 saturated carbocycles. The molecule has 2 rings (SSSR count). The molecule has 0 saturated heterocycles. The van der Waals surface area contributed by atoms with Crippen molar-refractivity contribution < 1.29 is 14.3 Å². The van der Waals surface area contributed by atoms with E-state index in [2.05, 4.69) is 27.0 Å². The van der Waals surface area contributed by atoms with Gasteiger partial charge in [0.2, 0.25) is 0 Å². The van der Waals surface area contributed by atoms with Crippen molar-refractivity contribution in [3.8, 4) is 17.6 Å². The first-order valence-corrected chi connectivity index (χ1v) is 7.99. The zero-order valence-electron chi connectivity index (χ0n) is 14.7. The maximum atomic E-state index is 11.9. The Hall–Kier alpha value is -3.47. The number of benzene rings is 1. The molecule has 2 aromatic rings. The van der Waals surface area contributed by atoms with E-state index in [9.17, 15) is 4.79 Å². The number of hydrogen-bond acceptors (Lipinski definition) is 6. The third-order valence-corrected chi connectivity index (χ3v) is 3.50. The van der Waals surface area contributed by atoms with E-state index < -0.39 is 0 Å². The van der Waals surface area contributed by atoms with Gasteiger partial charge in [0.15, 0.2) is 0 Å². The fraction of sp³-hybridized carbons (Fsp3) is 0.278. The number of nitriles is 1. The smallest absolute Gasteiger partial charge is 0.315 e. The molecule has 0 spiro atoms. The average Bonchev–Trinajstić information content (AvgIpc) is 2.69. The summed E-state index contributed by atoms with van der Waals surface area (Å²) < 4.78 is 10.4. The van der Waals surface area contributed by atoms with Crippen LogP contribution < -0.4 is 25.4 Å². The lowest BCUT2D eigenvalue weighted by Crippen LogP contribution is -2.37. The molecule has 0 bridgehead atoms. The summed E-state index contributed by atoms with van der Waals surface area (Å²) in [6.45, 7) is 1.17. The molecule has 8 heteroatoms. The van der Waals surface area contributed by atoms with Gasteiger partial charge in [-0.2, -0.15) is 5.26 Å². The summed E-state index contributed by atoms with van der Waals surface area (Å²) in [7, 11) is 3.15. The zero-order chi connectivity index (χ0) is 18.8. The molecule has 1 aromatic carbocycles. The molecule has 0 unspecified atom stereocenters. The van der Waals surface area contributed by atoms with Gasteiger partial charge in [-0.1, -0.05) is 0 Å². The first-order valence-electron chi connectivity index (χ1n) is 7.99. The number of ether oxygens (including phenoxy) is 2. The Morgan fingerprint density at radius 3 is 2.54 bits per heavy atom. The fourth-order valence-corrected chi connectivity index (χ4v) is 2.21. The lowest BCUT2D eigenvalue weighted by molar-refractivity contribution is 0.241. The number of hydrogen-bond donors (Lipinski definition) is 3. The Bertz CT molecular complexity index is 766. The van der Waals surface area contributed by atoms with E-state index in [-0.39, 0.29) is 6.03 Å². The molecule has 0 aliphatic rings. The average molecular weight is 355 g/mol. The van der Waals surface area contributed by atoms with Gasteiger partial charge in [-0.05, 0) is 29.8 Å². The highest BCUT2D eigenvalue weighted by Crippen LogP contribution is 2.22. The topological polar surface area (TPSA) is 108 Å². The van der Waals surface area contributed by atoms with Gasteiger partial charge < -0.3 is 25.4 Å². The Kier molecular flexibility index (Phi) is 7.06. The van der Waals surface area contributed by atoms with E-state index in [4.69, 9.17) is 14.7 Å². The molecule has 8 nitrogen and oxygen atoms in total. The van der Waals surface area contributed by atoms with Crippen LogP contribution in [0.1, 0.15) is 11.1 Å². The van der Waals surface area contributed by atoms with Crippen molar-refractivity contribution in [1.29, 1.82) is 5.26 Å². The Morgan fingerprint density at radius 1 is 1.15 bits per heavy atom. The van der Waals surface area contributed by atoms with Gasteiger partial charge in [-0.25, -0.2) is 9.78 Å². The van der Waals surface area contributed by atoms with Crippen LogP contribution in [0.4, 0.5) is 10.6 Å². The largest absolute Gasteiger partial charge is 0.497 e. The van der Waals surface area contributed by atoms with Crippen LogP contribution in [0.5, 0.6) is 11.5 Å². The molecule has 26 heavy (non-hydrogen) atoms. The van der Waals surface area contributed by atoms with Crippen molar-refractivity contribution in [3.63, 3.8) is 0 Å². The van der Waals surface area contributed by atoms with Crippen molar-refractivity contribution in [2.24, 2.45) is 0 Å². The van der Waals surface area contributed by atoms with Gasteiger partial charge >= 0.3 is 6.03 Å². The molecule has 1 heterocycles. The second-order valence-electron chi connectivity index (χ2n) is 5.27. The summed E-state index contributed by atoms with van der Waals surface area (Å²) in [5.74, 6) is 1.82. The molecule has 0 atom stereocenters. The van der Waals surface area contributed by atoms with Crippen LogP contribution in [0.25, 0.3) is 0 Å². The van der Waals surface area contributed by atoms with Gasteiger partial charge in [0.1, 0.15) is 23.4 Å². The summed E-state index contributed by atoms with van der Waals surface area (Å²) in [5, 5.41) is 17.5. The van der Waals surface area contributed by atoms with Crippen molar-refractivity contribution in [1.82, 2.24) is 15.6 Å². The first kappa shape index (κ1) is 18.9. The highest BCUT2D eigenvalue weighted by molar-refractivity contribution is 5.73. The van der Waals surface area contributed by atoms with Crippen molar-refractivity contribution in [2.75, 3.05) is 32.6 Å². The van der Waals surface area contributed by atoms with Crippen LogP contribution in [-0.4, -0.2) is 38.3 Å². The Balaban J connectivity index is 1.75. The van der Waals surface area contributed by atoms with Crippen LogP contribution in [0.2, 0.25) is 0 Å². The number of rotatable bonds is 8. The molecule has 0 aliphatic heterocycles. The van der Waals surface area contributed by atoms with Gasteiger partial charge in [-0.15, -0.1) is 0 Å². The number of methoxy groups -OCH3 is 2. The molecular formula is C18H21N5O3. The number of urea groups is 1. The Morgan fingerprint density at radius 2 is 1.88 bits per heavy atom. The van der Waals surface area contributed by atoms with E-state index in [0.29, 0.717) is 42.5 Å². The van der Waals surface area contributed by atoms with E-state index in [1.54, 1.807) is 38.6 Å². The van der Waals surface area contributed by atoms with Crippen LogP contribution in [-0.2, 0) is 6.54 Å². The predicted octanol–water partition coefficient (Wildman–Crippen LogP) is 1.88. The minimum Gasteiger partial charge on any atom is -0.497 e. The Labute approximate surface area is 152 Å². The molecule has 0 aliphatic carbocycles. The maximum absolute atomic E-state index is 11.9. The number of pyridine rings is 1. The van der Waals surface area contributed by atoms with Gasteiger partial charge in [-0.3, -0.25) is 0 Å². The second kappa shape index (κ2) is 9.74. The quantitative estimate of drug-likeness (QED) is 0.624. The summed E-state index contributed by atoms with van der Waals surface area (Å²) in [6.07, 6.45) is 1.60. The van der Waals surface area contributed by atoms with E-state index in [1.165, 1.54) is 0 Å². The first-order chi connectivity index (χ1) is 12.7. The molecule has 0 radical (unpaired) electrons. The van der Waals surface area contributed by atoms with Gasteiger partial charge in [0, 0.05) is 31.9 Å². The number of carbonyl (C=O) groups is 1. The van der Waals surface area contributed by atoms with Crippen molar-refractivity contribution >= 4 is 11.8 Å². The normalized spacial score (nSPS) is 9.73. The van der Waals surface area contributed by atoms with Crippen molar-refractivity contribution in [2.45, 2.75) is 6.54 Å². The monoisotopic (exact) mass is 355 g/mol. The third kappa shape index (κ3) is 5.56. The van der Waals surface area contributed by atoms with Gasteiger partial charge in [0.25, 0.3) is 0 Å². The summed E-state index contributed by atoms with van der Waals surface area (Å²) >= 11 is 0. The fourth-order valence-electron chi connectivity index (χ4n) is 2.21. The third-order valence-electron chi connectivity index (χ3n) is 3.50. The summed E-state index contributed by atoms with van der Waals surface area (Å²) in [4.78, 5) is 16.0. The number of nitrogens with one attached hydrogen (secondary N) is 3. The van der Waals surface area contributed by atoms with Crippen molar-refractivity contribution in [3.05, 3.63) is 47.7 Å². The SMILES string of the molecule is COc1cc(CNC(=O)NCCNc2ncccc2C#N)cc(OC)c1. The van der Waals surface area contributed by atoms with Gasteiger partial charge in [0.05, 0.1) is 19.8 Å². The van der Waals surface area contributed by atoms with E-state index in [0.717, 1.165) is 5.56 Å². The molecule has 2 amide bonds. The number of amides is 2. The number of carbonyl (C=O) groups excluding carboxylic acids is 1. The predicted molar refractivity (Wildman–Crippen MR) is 97.2 cm³/mol. The second-order valence-corrected chi connectivity index (χ2v) is 5.27. The summed E-state index contributed by atoms with van der Waals surface area (Å²) in [6, 6.07) is 10.6. The summed E-state index contributed by atoms with van der Waals surface area (Å²) in [5.41, 5.74) is 1.32. The lowest BCUT2D eigenvalue weighted by atomic mass is 10.2. The highest BCUT2D eigenvalue weighted by Gasteiger charge is 2.05. The minimum absolute atomic E-state index is 0.296. The molecule has 136 valence electrons.